The fraction of sp³-hybridized carbons (Fsp3) is 0.417. The van der Waals surface area contributed by atoms with Crippen LogP contribution in [0.2, 0.25) is 0 Å². The fourth-order valence-electron chi connectivity index (χ4n) is 1.77. The first-order valence-electron chi connectivity index (χ1n) is 5.75. The summed E-state index contributed by atoms with van der Waals surface area (Å²) in [6.45, 7) is 0. The lowest BCUT2D eigenvalue weighted by atomic mass is 10.3. The van der Waals surface area contributed by atoms with Crippen molar-refractivity contribution >= 4 is 21.4 Å². The van der Waals surface area contributed by atoms with Crippen LogP contribution in [0.4, 0.5) is 5.69 Å². The SMILES string of the molecule is CN(C(=O)CS(=O)(=O)c1ccccc1N)C1CC1. The van der Waals surface area contributed by atoms with Crippen molar-refractivity contribution in [2.75, 3.05) is 18.5 Å². The highest BCUT2D eigenvalue weighted by Crippen LogP contribution is 2.26. The number of nitrogens with zero attached hydrogens (tertiary/aromatic N) is 1. The summed E-state index contributed by atoms with van der Waals surface area (Å²) in [6.07, 6.45) is 1.91. The molecule has 0 atom stereocenters. The van der Waals surface area contributed by atoms with Gasteiger partial charge in [-0.1, -0.05) is 12.1 Å². The van der Waals surface area contributed by atoms with Crippen molar-refractivity contribution in [3.8, 4) is 0 Å². The monoisotopic (exact) mass is 268 g/mol. The first-order chi connectivity index (χ1) is 8.42. The summed E-state index contributed by atoms with van der Waals surface area (Å²) >= 11 is 0. The standard InChI is InChI=1S/C12H16N2O3S/c1-14(9-6-7-9)12(15)8-18(16,17)11-5-3-2-4-10(11)13/h2-5,9H,6-8,13H2,1H3. The van der Waals surface area contributed by atoms with Gasteiger partial charge in [0.25, 0.3) is 0 Å². The number of amides is 1. The lowest BCUT2D eigenvalue weighted by molar-refractivity contribution is -0.127. The second kappa shape index (κ2) is 4.61. The maximum Gasteiger partial charge on any atom is 0.238 e. The fourth-order valence-corrected chi connectivity index (χ4v) is 3.17. The van der Waals surface area contributed by atoms with Crippen molar-refractivity contribution in [1.29, 1.82) is 0 Å². The molecule has 0 bridgehead atoms. The van der Waals surface area contributed by atoms with Crippen LogP contribution in [-0.2, 0) is 14.6 Å². The van der Waals surface area contributed by atoms with Gasteiger partial charge in [-0.05, 0) is 25.0 Å². The Morgan fingerprint density at radius 1 is 1.39 bits per heavy atom. The third kappa shape index (κ3) is 2.64. The summed E-state index contributed by atoms with van der Waals surface area (Å²) in [4.78, 5) is 13.4. The van der Waals surface area contributed by atoms with Gasteiger partial charge in [-0.3, -0.25) is 4.79 Å². The van der Waals surface area contributed by atoms with Crippen molar-refractivity contribution in [3.05, 3.63) is 24.3 Å². The smallest absolute Gasteiger partial charge is 0.238 e. The molecule has 98 valence electrons. The molecule has 5 nitrogen and oxygen atoms in total. The zero-order chi connectivity index (χ0) is 13.3. The number of carbonyl (C=O) groups is 1. The topological polar surface area (TPSA) is 80.5 Å². The Labute approximate surface area is 107 Å². The maximum absolute atomic E-state index is 12.1. The van der Waals surface area contributed by atoms with Crippen molar-refractivity contribution in [3.63, 3.8) is 0 Å². The summed E-state index contributed by atoms with van der Waals surface area (Å²) in [7, 11) is -2.01. The van der Waals surface area contributed by atoms with Crippen LogP contribution in [0.1, 0.15) is 12.8 Å². The van der Waals surface area contributed by atoms with Crippen LogP contribution in [-0.4, -0.2) is 38.1 Å². The second-order valence-corrected chi connectivity index (χ2v) is 6.49. The van der Waals surface area contributed by atoms with Gasteiger partial charge >= 0.3 is 0 Å². The van der Waals surface area contributed by atoms with Gasteiger partial charge in [-0.2, -0.15) is 0 Å². The highest BCUT2D eigenvalue weighted by molar-refractivity contribution is 7.92. The Morgan fingerprint density at radius 3 is 2.56 bits per heavy atom. The third-order valence-electron chi connectivity index (χ3n) is 3.06. The molecule has 1 fully saturated rings. The van der Waals surface area contributed by atoms with Crippen molar-refractivity contribution < 1.29 is 13.2 Å². The molecular weight excluding hydrogens is 252 g/mol. The molecule has 1 aliphatic carbocycles. The Balaban J connectivity index is 2.17. The van der Waals surface area contributed by atoms with E-state index in [0.29, 0.717) is 0 Å². The number of rotatable bonds is 4. The summed E-state index contributed by atoms with van der Waals surface area (Å²) in [5.41, 5.74) is 5.81. The van der Waals surface area contributed by atoms with E-state index < -0.39 is 15.6 Å². The summed E-state index contributed by atoms with van der Waals surface area (Å²) in [5, 5.41) is 0. The molecule has 0 unspecified atom stereocenters. The van der Waals surface area contributed by atoms with Crippen molar-refractivity contribution in [2.45, 2.75) is 23.8 Å². The van der Waals surface area contributed by atoms with Gasteiger partial charge < -0.3 is 10.6 Å². The molecule has 0 saturated heterocycles. The molecule has 1 saturated carbocycles. The minimum Gasteiger partial charge on any atom is -0.398 e. The number of nitrogen functional groups attached to an aromatic ring is 1. The van der Waals surface area contributed by atoms with Gasteiger partial charge in [0.2, 0.25) is 5.91 Å². The molecule has 1 aromatic carbocycles. The number of anilines is 1. The zero-order valence-electron chi connectivity index (χ0n) is 10.2. The first-order valence-corrected chi connectivity index (χ1v) is 7.40. The van der Waals surface area contributed by atoms with E-state index >= 15 is 0 Å². The number of hydrogen-bond donors (Lipinski definition) is 1. The van der Waals surface area contributed by atoms with Gasteiger partial charge in [-0.25, -0.2) is 8.42 Å². The van der Waals surface area contributed by atoms with E-state index in [2.05, 4.69) is 0 Å². The number of para-hydroxylation sites is 1. The molecule has 0 spiro atoms. The number of hydrogen-bond acceptors (Lipinski definition) is 4. The van der Waals surface area contributed by atoms with Crippen LogP contribution in [0, 0.1) is 0 Å². The molecule has 1 amide bonds. The van der Waals surface area contributed by atoms with Crippen LogP contribution in [0.3, 0.4) is 0 Å². The highest BCUT2D eigenvalue weighted by Gasteiger charge is 2.32. The van der Waals surface area contributed by atoms with Crippen LogP contribution in [0.25, 0.3) is 0 Å². The molecule has 2 N–H and O–H groups in total. The molecule has 1 aliphatic rings. The van der Waals surface area contributed by atoms with Crippen LogP contribution < -0.4 is 5.73 Å². The van der Waals surface area contributed by atoms with E-state index in [1.54, 1.807) is 19.2 Å². The normalized spacial score (nSPS) is 15.4. The quantitative estimate of drug-likeness (QED) is 0.814. The van der Waals surface area contributed by atoms with Crippen LogP contribution in [0.15, 0.2) is 29.2 Å². The highest BCUT2D eigenvalue weighted by atomic mass is 32.2. The molecule has 2 rings (SSSR count). The molecule has 0 aromatic heterocycles. The second-order valence-electron chi connectivity index (χ2n) is 4.53. The summed E-state index contributed by atoms with van der Waals surface area (Å²) in [6, 6.07) is 6.41. The number of sulfone groups is 1. The van der Waals surface area contributed by atoms with Gasteiger partial charge in [0.15, 0.2) is 9.84 Å². The Morgan fingerprint density at radius 2 is 2.00 bits per heavy atom. The lowest BCUT2D eigenvalue weighted by Crippen LogP contribution is -2.34. The van der Waals surface area contributed by atoms with Crippen molar-refractivity contribution in [2.24, 2.45) is 0 Å². The van der Waals surface area contributed by atoms with Gasteiger partial charge in [0.1, 0.15) is 5.75 Å². The van der Waals surface area contributed by atoms with E-state index in [4.69, 9.17) is 5.73 Å². The Hall–Kier alpha value is -1.56. The third-order valence-corrected chi connectivity index (χ3v) is 4.72. The molecule has 0 heterocycles. The summed E-state index contributed by atoms with van der Waals surface area (Å²) in [5.74, 6) is -0.894. The largest absolute Gasteiger partial charge is 0.398 e. The van der Waals surface area contributed by atoms with Gasteiger partial charge in [-0.15, -0.1) is 0 Å². The minimum atomic E-state index is -3.66. The molecule has 6 heteroatoms. The van der Waals surface area contributed by atoms with Gasteiger partial charge in [0.05, 0.1) is 10.6 Å². The van der Waals surface area contributed by atoms with Crippen LogP contribution in [0.5, 0.6) is 0 Å². The average Bonchev–Trinajstić information content (AvgIpc) is 3.11. The molecule has 0 radical (unpaired) electrons. The number of benzene rings is 1. The first kappa shape index (κ1) is 12.9. The predicted molar refractivity (Wildman–Crippen MR) is 68.7 cm³/mol. The average molecular weight is 268 g/mol. The summed E-state index contributed by atoms with van der Waals surface area (Å²) < 4.78 is 24.2. The Bertz CT molecular complexity index is 564. The number of carbonyl (C=O) groups excluding carboxylic acids is 1. The van der Waals surface area contributed by atoms with E-state index in [9.17, 15) is 13.2 Å². The van der Waals surface area contributed by atoms with Crippen LogP contribution >= 0.6 is 0 Å². The lowest BCUT2D eigenvalue weighted by Gasteiger charge is -2.16. The van der Waals surface area contributed by atoms with E-state index in [-0.39, 0.29) is 22.5 Å². The van der Waals surface area contributed by atoms with Crippen molar-refractivity contribution in [1.82, 2.24) is 4.90 Å². The zero-order valence-corrected chi connectivity index (χ0v) is 11.0. The molecule has 0 aliphatic heterocycles. The van der Waals surface area contributed by atoms with E-state index in [1.165, 1.54) is 17.0 Å². The Kier molecular flexibility index (Phi) is 3.30. The minimum absolute atomic E-state index is 0.0301. The van der Waals surface area contributed by atoms with E-state index in [0.717, 1.165) is 12.8 Å². The maximum atomic E-state index is 12.1. The van der Waals surface area contributed by atoms with Gasteiger partial charge in [0, 0.05) is 13.1 Å². The predicted octanol–water partition coefficient (Wildman–Crippen LogP) is 0.663. The molecular formula is C12H16N2O3S. The molecule has 1 aromatic rings. The van der Waals surface area contributed by atoms with E-state index in [1.807, 2.05) is 0 Å². The molecule has 18 heavy (non-hydrogen) atoms. The number of nitrogens with two attached hydrogens (primary N) is 1.